The van der Waals surface area contributed by atoms with Crippen molar-refractivity contribution in [2.24, 2.45) is 5.92 Å². The van der Waals surface area contributed by atoms with E-state index < -0.39 is 0 Å². The largest absolute Gasteiger partial charge is 0.482 e. The van der Waals surface area contributed by atoms with E-state index in [1.165, 1.54) is 25.7 Å². The molecule has 2 amide bonds. The van der Waals surface area contributed by atoms with Gasteiger partial charge < -0.3 is 9.64 Å². The van der Waals surface area contributed by atoms with E-state index in [-0.39, 0.29) is 25.0 Å². The molecule has 25 heavy (non-hydrogen) atoms. The Kier molecular flexibility index (Phi) is 4.71. The Bertz CT molecular complexity index is 691. The lowest BCUT2D eigenvalue weighted by Gasteiger charge is -2.44. The molecule has 3 aliphatic rings. The van der Waals surface area contributed by atoms with Crippen molar-refractivity contribution in [1.29, 1.82) is 0 Å². The molecule has 1 saturated heterocycles. The Balaban J connectivity index is 1.53. The summed E-state index contributed by atoms with van der Waals surface area (Å²) in [6.45, 7) is 0.925. The molecule has 1 saturated carbocycles. The number of carbonyl (C=O) groups excluding carboxylic acids is 2. The topological polar surface area (TPSA) is 49.9 Å². The highest BCUT2D eigenvalue weighted by Crippen LogP contribution is 2.37. The Labute approximate surface area is 156 Å². The molecule has 0 N–H and O–H groups in total. The van der Waals surface area contributed by atoms with Crippen LogP contribution in [0, 0.1) is 5.92 Å². The van der Waals surface area contributed by atoms with E-state index in [1.807, 2.05) is 18.2 Å². The van der Waals surface area contributed by atoms with Gasteiger partial charge in [0, 0.05) is 17.1 Å². The standard InChI is InChI=1S/C19H23BrN2O3/c20-14-7-8-16-17(10-14)25-12-19(24)22(16)11-18(23)21-9-3-5-13-4-1-2-6-15(13)21/h7-8,10,13,15H,1-6,9,11-12H2/t13-,15-/m0/s1. The third kappa shape index (κ3) is 3.28. The van der Waals surface area contributed by atoms with Crippen LogP contribution in [0.5, 0.6) is 5.75 Å². The maximum Gasteiger partial charge on any atom is 0.265 e. The molecule has 0 unspecified atom stereocenters. The molecule has 0 spiro atoms. The van der Waals surface area contributed by atoms with E-state index in [0.717, 1.165) is 23.9 Å². The summed E-state index contributed by atoms with van der Waals surface area (Å²) < 4.78 is 6.41. The van der Waals surface area contributed by atoms with Crippen LogP contribution < -0.4 is 9.64 Å². The van der Waals surface area contributed by atoms with E-state index in [4.69, 9.17) is 4.74 Å². The van der Waals surface area contributed by atoms with Crippen LogP contribution in [0.2, 0.25) is 0 Å². The molecule has 2 aliphatic heterocycles. The molecule has 5 nitrogen and oxygen atoms in total. The van der Waals surface area contributed by atoms with Gasteiger partial charge in [0.2, 0.25) is 5.91 Å². The molecule has 1 aromatic carbocycles. The van der Waals surface area contributed by atoms with Crippen molar-refractivity contribution in [3.63, 3.8) is 0 Å². The Hall–Kier alpha value is -1.56. The van der Waals surface area contributed by atoms with Gasteiger partial charge in [-0.05, 0) is 49.8 Å². The highest BCUT2D eigenvalue weighted by molar-refractivity contribution is 9.10. The zero-order valence-electron chi connectivity index (χ0n) is 14.2. The molecular weight excluding hydrogens is 384 g/mol. The van der Waals surface area contributed by atoms with Crippen molar-refractivity contribution in [2.75, 3.05) is 24.6 Å². The van der Waals surface area contributed by atoms with Gasteiger partial charge in [0.1, 0.15) is 12.3 Å². The highest BCUT2D eigenvalue weighted by atomic mass is 79.9. The van der Waals surface area contributed by atoms with Crippen LogP contribution in [0.1, 0.15) is 38.5 Å². The molecule has 6 heteroatoms. The number of carbonyl (C=O) groups is 2. The molecule has 1 aromatic rings. The molecule has 2 heterocycles. The van der Waals surface area contributed by atoms with Crippen LogP contribution in [0.15, 0.2) is 22.7 Å². The van der Waals surface area contributed by atoms with Crippen molar-refractivity contribution in [2.45, 2.75) is 44.6 Å². The number of benzene rings is 1. The van der Waals surface area contributed by atoms with Crippen molar-refractivity contribution in [3.05, 3.63) is 22.7 Å². The van der Waals surface area contributed by atoms with Gasteiger partial charge in [-0.25, -0.2) is 0 Å². The smallest absolute Gasteiger partial charge is 0.265 e. The first-order valence-electron chi connectivity index (χ1n) is 9.15. The third-order valence-corrected chi connectivity index (χ3v) is 6.22. The summed E-state index contributed by atoms with van der Waals surface area (Å²) in [6, 6.07) is 5.92. The first kappa shape index (κ1) is 16.9. The minimum atomic E-state index is -0.152. The predicted octanol–water partition coefficient (Wildman–Crippen LogP) is 3.36. The van der Waals surface area contributed by atoms with E-state index >= 15 is 0 Å². The number of amides is 2. The first-order chi connectivity index (χ1) is 12.1. The van der Waals surface area contributed by atoms with Gasteiger partial charge in [0.25, 0.3) is 5.91 Å². The minimum Gasteiger partial charge on any atom is -0.482 e. The SMILES string of the molecule is O=C1COc2cc(Br)ccc2N1CC(=O)N1CCC[C@@H]2CCCC[C@@H]21. The lowest BCUT2D eigenvalue weighted by Crippen LogP contribution is -2.54. The molecule has 134 valence electrons. The van der Waals surface area contributed by atoms with E-state index in [0.29, 0.717) is 23.4 Å². The summed E-state index contributed by atoms with van der Waals surface area (Å²) in [5.74, 6) is 1.21. The van der Waals surface area contributed by atoms with E-state index in [9.17, 15) is 9.59 Å². The van der Waals surface area contributed by atoms with Crippen LogP contribution in [0.4, 0.5) is 5.69 Å². The number of hydrogen-bond acceptors (Lipinski definition) is 3. The quantitative estimate of drug-likeness (QED) is 0.756. The summed E-state index contributed by atoms with van der Waals surface area (Å²) in [5.41, 5.74) is 0.685. The summed E-state index contributed by atoms with van der Waals surface area (Å²) in [4.78, 5) is 29.0. The molecule has 0 radical (unpaired) electrons. The normalized spacial score (nSPS) is 25.9. The highest BCUT2D eigenvalue weighted by Gasteiger charge is 2.37. The minimum absolute atomic E-state index is 0.0111. The van der Waals surface area contributed by atoms with Crippen molar-refractivity contribution < 1.29 is 14.3 Å². The summed E-state index contributed by atoms with van der Waals surface area (Å²) in [5, 5.41) is 0. The van der Waals surface area contributed by atoms with E-state index in [2.05, 4.69) is 20.8 Å². The first-order valence-corrected chi connectivity index (χ1v) is 9.95. The van der Waals surface area contributed by atoms with Gasteiger partial charge in [0.15, 0.2) is 6.61 Å². The predicted molar refractivity (Wildman–Crippen MR) is 98.7 cm³/mol. The van der Waals surface area contributed by atoms with E-state index in [1.54, 1.807) is 4.90 Å². The van der Waals surface area contributed by atoms with Gasteiger partial charge in [-0.3, -0.25) is 14.5 Å². The van der Waals surface area contributed by atoms with Gasteiger partial charge in [0.05, 0.1) is 5.69 Å². The summed E-state index contributed by atoms with van der Waals surface area (Å²) in [7, 11) is 0. The van der Waals surface area contributed by atoms with Crippen LogP contribution in [0.25, 0.3) is 0 Å². The van der Waals surface area contributed by atoms with Gasteiger partial charge in [-0.1, -0.05) is 28.8 Å². The van der Waals surface area contributed by atoms with Crippen molar-refractivity contribution >= 4 is 33.4 Å². The van der Waals surface area contributed by atoms with Crippen LogP contribution in [-0.4, -0.2) is 42.5 Å². The van der Waals surface area contributed by atoms with Crippen LogP contribution in [-0.2, 0) is 9.59 Å². The second-order valence-electron chi connectivity index (χ2n) is 7.22. The lowest BCUT2D eigenvalue weighted by atomic mass is 9.78. The Morgan fingerprint density at radius 1 is 1.20 bits per heavy atom. The fourth-order valence-electron chi connectivity index (χ4n) is 4.51. The number of anilines is 1. The summed E-state index contributed by atoms with van der Waals surface area (Å²) in [6.07, 6.45) is 7.15. The monoisotopic (exact) mass is 406 g/mol. The van der Waals surface area contributed by atoms with Gasteiger partial charge >= 0.3 is 0 Å². The average molecular weight is 407 g/mol. The van der Waals surface area contributed by atoms with Crippen LogP contribution >= 0.6 is 15.9 Å². The molecule has 2 fully saturated rings. The second kappa shape index (κ2) is 6.98. The molecule has 4 rings (SSSR count). The fraction of sp³-hybridized carbons (Fsp3) is 0.579. The number of hydrogen-bond donors (Lipinski definition) is 0. The number of nitrogens with zero attached hydrogens (tertiary/aromatic N) is 2. The number of piperidine rings is 1. The number of ether oxygens (including phenoxy) is 1. The van der Waals surface area contributed by atoms with Crippen molar-refractivity contribution in [1.82, 2.24) is 4.90 Å². The van der Waals surface area contributed by atoms with Crippen LogP contribution in [0.3, 0.4) is 0 Å². The molecular formula is C19H23BrN2O3. The number of fused-ring (bicyclic) bond motifs is 2. The maximum absolute atomic E-state index is 13.0. The molecule has 2 atom stereocenters. The van der Waals surface area contributed by atoms with Gasteiger partial charge in [-0.2, -0.15) is 0 Å². The second-order valence-corrected chi connectivity index (χ2v) is 8.14. The lowest BCUT2D eigenvalue weighted by molar-refractivity contribution is -0.137. The summed E-state index contributed by atoms with van der Waals surface area (Å²) >= 11 is 3.42. The zero-order valence-corrected chi connectivity index (χ0v) is 15.8. The van der Waals surface area contributed by atoms with Gasteiger partial charge in [-0.15, -0.1) is 0 Å². The number of rotatable bonds is 2. The number of likely N-dealkylation sites (tertiary alicyclic amines) is 1. The molecule has 1 aliphatic carbocycles. The van der Waals surface area contributed by atoms with Crippen molar-refractivity contribution in [3.8, 4) is 5.75 Å². The third-order valence-electron chi connectivity index (χ3n) is 5.72. The fourth-order valence-corrected chi connectivity index (χ4v) is 4.85. The zero-order chi connectivity index (χ0) is 17.4. The Morgan fingerprint density at radius 3 is 2.88 bits per heavy atom. The number of halogens is 1. The Morgan fingerprint density at radius 2 is 2.00 bits per heavy atom. The maximum atomic E-state index is 13.0. The molecule has 0 aromatic heterocycles. The molecule has 0 bridgehead atoms. The average Bonchev–Trinajstić information content (AvgIpc) is 2.63.